The molecule has 2 N–H and O–H groups in total. The van der Waals surface area contributed by atoms with E-state index < -0.39 is 0 Å². The lowest BCUT2D eigenvalue weighted by molar-refractivity contribution is -0.140. The number of ether oxygens (including phenoxy) is 1. The number of carbonyl (C=O) groups is 1. The van der Waals surface area contributed by atoms with Crippen molar-refractivity contribution in [1.29, 1.82) is 0 Å². The summed E-state index contributed by atoms with van der Waals surface area (Å²) in [6, 6.07) is 0.212. The molecule has 86 valence electrons. The second-order valence-corrected chi connectivity index (χ2v) is 4.67. The van der Waals surface area contributed by atoms with Crippen molar-refractivity contribution in [3.8, 4) is 0 Å². The molecule has 2 saturated heterocycles. The molecule has 2 aliphatic heterocycles. The van der Waals surface area contributed by atoms with Crippen molar-refractivity contribution in [3.05, 3.63) is 0 Å². The summed E-state index contributed by atoms with van der Waals surface area (Å²) in [5.74, 6) is 0. The van der Waals surface area contributed by atoms with E-state index in [1.165, 1.54) is 0 Å². The Kier molecular flexibility index (Phi) is 2.84. The Labute approximate surface area is 90.1 Å². The minimum absolute atomic E-state index is 0.0183. The molecule has 0 bridgehead atoms. The summed E-state index contributed by atoms with van der Waals surface area (Å²) in [5, 5.41) is 6.17. The van der Waals surface area contributed by atoms with Gasteiger partial charge >= 0.3 is 6.03 Å². The first-order valence-corrected chi connectivity index (χ1v) is 5.51. The number of urea groups is 1. The van der Waals surface area contributed by atoms with E-state index in [0.29, 0.717) is 13.1 Å². The third-order valence-corrected chi connectivity index (χ3v) is 2.79. The van der Waals surface area contributed by atoms with Crippen LogP contribution in [0.25, 0.3) is 0 Å². The molecule has 2 fully saturated rings. The number of hydrogen-bond donors (Lipinski definition) is 2. The highest BCUT2D eigenvalue weighted by molar-refractivity contribution is 5.75. The van der Waals surface area contributed by atoms with Crippen LogP contribution in [0.4, 0.5) is 4.79 Å². The highest BCUT2D eigenvalue weighted by Crippen LogP contribution is 2.26. The average Bonchev–Trinajstić information content (AvgIpc) is 2.14. The second-order valence-electron chi connectivity index (χ2n) is 4.67. The highest BCUT2D eigenvalue weighted by atomic mass is 16.5. The zero-order chi connectivity index (χ0) is 10.9. The van der Waals surface area contributed by atoms with Crippen LogP contribution in [-0.2, 0) is 4.74 Å². The molecule has 0 aromatic rings. The predicted octanol–water partition coefficient (Wildman–Crippen LogP) is -0.221. The standard InChI is InChI=1S/C10H19N3O2/c1-8(2)12-9(14)13-6-10(7-13)5-11-3-4-15-10/h8,11H,3-7H2,1-2H3,(H,12,14). The zero-order valence-electron chi connectivity index (χ0n) is 9.38. The number of likely N-dealkylation sites (tertiary alicyclic amines) is 1. The number of amides is 2. The molecular formula is C10H19N3O2. The van der Waals surface area contributed by atoms with Crippen LogP contribution in [0, 0.1) is 0 Å². The number of rotatable bonds is 1. The monoisotopic (exact) mass is 213 g/mol. The summed E-state index contributed by atoms with van der Waals surface area (Å²) >= 11 is 0. The number of carbonyl (C=O) groups excluding carboxylic acids is 1. The maximum atomic E-state index is 11.6. The van der Waals surface area contributed by atoms with Crippen molar-refractivity contribution < 1.29 is 9.53 Å². The number of hydrogen-bond acceptors (Lipinski definition) is 3. The lowest BCUT2D eigenvalue weighted by Gasteiger charge is -2.51. The summed E-state index contributed by atoms with van der Waals surface area (Å²) in [5.41, 5.74) is -0.105. The zero-order valence-corrected chi connectivity index (χ0v) is 9.38. The molecule has 0 aromatic heterocycles. The van der Waals surface area contributed by atoms with E-state index >= 15 is 0 Å². The number of nitrogens with one attached hydrogen (secondary N) is 2. The fourth-order valence-corrected chi connectivity index (χ4v) is 2.04. The molecule has 5 heteroatoms. The van der Waals surface area contributed by atoms with E-state index in [1.807, 2.05) is 13.8 Å². The molecule has 2 aliphatic rings. The van der Waals surface area contributed by atoms with Gasteiger partial charge in [0.05, 0.1) is 19.7 Å². The molecule has 15 heavy (non-hydrogen) atoms. The predicted molar refractivity (Wildman–Crippen MR) is 56.8 cm³/mol. The maximum absolute atomic E-state index is 11.6. The van der Waals surface area contributed by atoms with Crippen LogP contribution in [0.1, 0.15) is 13.8 Å². The van der Waals surface area contributed by atoms with Crippen molar-refractivity contribution in [1.82, 2.24) is 15.5 Å². The molecule has 0 atom stereocenters. The van der Waals surface area contributed by atoms with Gasteiger partial charge in [0, 0.05) is 19.1 Å². The Balaban J connectivity index is 1.79. The molecule has 2 rings (SSSR count). The minimum Gasteiger partial charge on any atom is -0.369 e. The Bertz CT molecular complexity index is 241. The fraction of sp³-hybridized carbons (Fsp3) is 0.900. The third-order valence-electron chi connectivity index (χ3n) is 2.79. The largest absolute Gasteiger partial charge is 0.369 e. The van der Waals surface area contributed by atoms with E-state index in [2.05, 4.69) is 10.6 Å². The first-order chi connectivity index (χ1) is 7.11. The minimum atomic E-state index is -0.105. The van der Waals surface area contributed by atoms with Gasteiger partial charge < -0.3 is 20.3 Å². The van der Waals surface area contributed by atoms with E-state index in [4.69, 9.17) is 4.74 Å². The van der Waals surface area contributed by atoms with Crippen LogP contribution < -0.4 is 10.6 Å². The highest BCUT2D eigenvalue weighted by Gasteiger charge is 2.47. The van der Waals surface area contributed by atoms with Crippen LogP contribution in [0.5, 0.6) is 0 Å². The van der Waals surface area contributed by atoms with Crippen molar-refractivity contribution in [2.75, 3.05) is 32.8 Å². The van der Waals surface area contributed by atoms with Crippen molar-refractivity contribution in [2.45, 2.75) is 25.5 Å². The molecule has 5 nitrogen and oxygen atoms in total. The third kappa shape index (κ3) is 2.23. The van der Waals surface area contributed by atoms with Crippen LogP contribution in [0.15, 0.2) is 0 Å². The van der Waals surface area contributed by atoms with Crippen LogP contribution in [0.2, 0.25) is 0 Å². The van der Waals surface area contributed by atoms with Crippen molar-refractivity contribution in [2.24, 2.45) is 0 Å². The van der Waals surface area contributed by atoms with Gasteiger partial charge in [-0.05, 0) is 13.8 Å². The van der Waals surface area contributed by atoms with Gasteiger partial charge in [0.2, 0.25) is 0 Å². The molecule has 0 unspecified atom stereocenters. The Morgan fingerprint density at radius 3 is 2.80 bits per heavy atom. The van der Waals surface area contributed by atoms with Crippen LogP contribution in [0.3, 0.4) is 0 Å². The Morgan fingerprint density at radius 1 is 1.53 bits per heavy atom. The first-order valence-electron chi connectivity index (χ1n) is 5.51. The first kappa shape index (κ1) is 10.7. The average molecular weight is 213 g/mol. The van der Waals surface area contributed by atoms with Gasteiger partial charge in [-0.2, -0.15) is 0 Å². The Morgan fingerprint density at radius 2 is 2.27 bits per heavy atom. The van der Waals surface area contributed by atoms with E-state index in [9.17, 15) is 4.79 Å². The van der Waals surface area contributed by atoms with Gasteiger partial charge in [-0.15, -0.1) is 0 Å². The van der Waals surface area contributed by atoms with Gasteiger partial charge in [0.1, 0.15) is 5.60 Å². The molecule has 0 saturated carbocycles. The molecule has 2 heterocycles. The number of morpholine rings is 1. The van der Waals surface area contributed by atoms with Crippen molar-refractivity contribution >= 4 is 6.03 Å². The van der Waals surface area contributed by atoms with Gasteiger partial charge in [0.25, 0.3) is 0 Å². The van der Waals surface area contributed by atoms with E-state index in [0.717, 1.165) is 19.7 Å². The van der Waals surface area contributed by atoms with E-state index in [1.54, 1.807) is 4.90 Å². The summed E-state index contributed by atoms with van der Waals surface area (Å²) in [7, 11) is 0. The quantitative estimate of drug-likeness (QED) is 0.633. The topological polar surface area (TPSA) is 53.6 Å². The Hall–Kier alpha value is -0.810. The lowest BCUT2D eigenvalue weighted by Crippen LogP contribution is -2.72. The van der Waals surface area contributed by atoms with Gasteiger partial charge in [0.15, 0.2) is 0 Å². The summed E-state index contributed by atoms with van der Waals surface area (Å²) in [6.45, 7) is 7.87. The second kappa shape index (κ2) is 3.98. The molecule has 2 amide bonds. The normalized spacial score (nSPS) is 24.1. The SMILES string of the molecule is CC(C)NC(=O)N1CC2(CNCCO2)C1. The molecule has 0 aliphatic carbocycles. The molecule has 0 radical (unpaired) electrons. The molecule has 1 spiro atoms. The molecular weight excluding hydrogens is 194 g/mol. The number of nitrogens with zero attached hydrogens (tertiary/aromatic N) is 1. The summed E-state index contributed by atoms with van der Waals surface area (Å²) < 4.78 is 5.70. The van der Waals surface area contributed by atoms with Gasteiger partial charge in [-0.25, -0.2) is 4.79 Å². The van der Waals surface area contributed by atoms with Gasteiger partial charge in [-0.1, -0.05) is 0 Å². The lowest BCUT2D eigenvalue weighted by atomic mass is 9.93. The molecule has 0 aromatic carbocycles. The van der Waals surface area contributed by atoms with E-state index in [-0.39, 0.29) is 17.7 Å². The van der Waals surface area contributed by atoms with Crippen LogP contribution in [-0.4, -0.2) is 55.4 Å². The van der Waals surface area contributed by atoms with Gasteiger partial charge in [-0.3, -0.25) is 0 Å². The van der Waals surface area contributed by atoms with Crippen molar-refractivity contribution in [3.63, 3.8) is 0 Å². The smallest absolute Gasteiger partial charge is 0.317 e. The summed E-state index contributed by atoms with van der Waals surface area (Å²) in [6.07, 6.45) is 0. The fourth-order valence-electron chi connectivity index (χ4n) is 2.04. The van der Waals surface area contributed by atoms with Crippen LogP contribution >= 0.6 is 0 Å². The summed E-state index contributed by atoms with van der Waals surface area (Å²) in [4.78, 5) is 13.4. The maximum Gasteiger partial charge on any atom is 0.317 e.